The third-order valence-electron chi connectivity index (χ3n) is 2.94. The maximum atomic E-state index is 12.1. The molecule has 108 valence electrons. The molecule has 0 saturated heterocycles. The molecule has 0 aliphatic heterocycles. The first kappa shape index (κ1) is 14.5. The zero-order chi connectivity index (χ0) is 15.4. The number of methoxy groups -OCH3 is 2. The first-order valence-corrected chi connectivity index (χ1v) is 6.07. The first-order chi connectivity index (χ1) is 10.1. The molecule has 1 aromatic carbocycles. The largest absolute Gasteiger partial charge is 0.618 e. The number of nitrogens with zero attached hydrogens (tertiary/aromatic N) is 1. The van der Waals surface area contributed by atoms with Crippen LogP contribution in [0.1, 0.15) is 20.7 Å². The van der Waals surface area contributed by atoms with Crippen LogP contribution in [-0.2, 0) is 9.47 Å². The van der Waals surface area contributed by atoms with E-state index in [0.29, 0.717) is 10.3 Å². The Hall–Kier alpha value is -2.89. The van der Waals surface area contributed by atoms with Gasteiger partial charge in [-0.3, -0.25) is 0 Å². The number of ether oxygens (including phenoxy) is 2. The van der Waals surface area contributed by atoms with Crippen LogP contribution >= 0.6 is 0 Å². The molecule has 0 saturated carbocycles. The van der Waals surface area contributed by atoms with E-state index in [0.717, 1.165) is 6.20 Å². The third kappa shape index (κ3) is 2.84. The van der Waals surface area contributed by atoms with Gasteiger partial charge < -0.3 is 14.7 Å². The Balaban J connectivity index is 2.65. The number of hydrogen-bond acceptors (Lipinski definition) is 5. The average molecular weight is 287 g/mol. The molecule has 0 fully saturated rings. The van der Waals surface area contributed by atoms with Crippen LogP contribution in [0.15, 0.2) is 42.6 Å². The van der Waals surface area contributed by atoms with Gasteiger partial charge in [-0.25, -0.2) is 9.59 Å². The molecule has 0 amide bonds. The Kier molecular flexibility index (Phi) is 4.18. The minimum Gasteiger partial charge on any atom is -0.618 e. The Morgan fingerprint density at radius 1 is 1.00 bits per heavy atom. The number of benzene rings is 1. The van der Waals surface area contributed by atoms with Crippen LogP contribution in [0.5, 0.6) is 0 Å². The normalized spacial score (nSPS) is 10.0. The zero-order valence-corrected chi connectivity index (χ0v) is 11.5. The van der Waals surface area contributed by atoms with E-state index in [2.05, 4.69) is 9.47 Å². The molecule has 2 aromatic rings. The summed E-state index contributed by atoms with van der Waals surface area (Å²) in [7, 11) is 2.37. The minimum atomic E-state index is -0.778. The van der Waals surface area contributed by atoms with E-state index < -0.39 is 11.9 Å². The second kappa shape index (κ2) is 6.04. The predicted molar refractivity (Wildman–Crippen MR) is 73.5 cm³/mol. The molecule has 2 rings (SSSR count). The van der Waals surface area contributed by atoms with Crippen molar-refractivity contribution in [3.05, 3.63) is 58.9 Å². The van der Waals surface area contributed by atoms with Crippen molar-refractivity contribution in [3.8, 4) is 11.3 Å². The molecule has 0 radical (unpaired) electrons. The molecular weight excluding hydrogens is 274 g/mol. The highest BCUT2D eigenvalue weighted by molar-refractivity contribution is 6.03. The van der Waals surface area contributed by atoms with Gasteiger partial charge in [0.15, 0.2) is 6.20 Å². The molecule has 0 aliphatic carbocycles. The summed E-state index contributed by atoms with van der Waals surface area (Å²) in [6, 6.07) is 10.1. The van der Waals surface area contributed by atoms with E-state index in [4.69, 9.17) is 0 Å². The van der Waals surface area contributed by atoms with Crippen LogP contribution in [0.25, 0.3) is 11.3 Å². The van der Waals surface area contributed by atoms with Gasteiger partial charge in [0.2, 0.25) is 5.69 Å². The summed E-state index contributed by atoms with van der Waals surface area (Å²) in [6.07, 6.45) is 1.01. The van der Waals surface area contributed by atoms with Gasteiger partial charge in [0.05, 0.1) is 19.8 Å². The highest BCUT2D eigenvalue weighted by Gasteiger charge is 2.25. The van der Waals surface area contributed by atoms with Crippen molar-refractivity contribution in [2.75, 3.05) is 14.2 Å². The molecule has 6 heteroatoms. The fourth-order valence-corrected chi connectivity index (χ4v) is 1.91. The molecule has 1 aromatic heterocycles. The second-order valence-corrected chi connectivity index (χ2v) is 4.16. The van der Waals surface area contributed by atoms with Crippen molar-refractivity contribution < 1.29 is 23.8 Å². The Morgan fingerprint density at radius 2 is 1.57 bits per heavy atom. The van der Waals surface area contributed by atoms with E-state index in [1.165, 1.54) is 20.3 Å². The molecule has 21 heavy (non-hydrogen) atoms. The maximum Gasteiger partial charge on any atom is 0.344 e. The van der Waals surface area contributed by atoms with Gasteiger partial charge in [0, 0.05) is 11.6 Å². The summed E-state index contributed by atoms with van der Waals surface area (Å²) in [6.45, 7) is 0. The molecule has 0 unspecified atom stereocenters. The molecular formula is C15H13NO5. The third-order valence-corrected chi connectivity index (χ3v) is 2.94. The topological polar surface area (TPSA) is 79.5 Å². The summed E-state index contributed by atoms with van der Waals surface area (Å²) in [4.78, 5) is 23.5. The second-order valence-electron chi connectivity index (χ2n) is 4.16. The molecule has 0 spiro atoms. The van der Waals surface area contributed by atoms with Crippen LogP contribution in [-0.4, -0.2) is 26.2 Å². The Morgan fingerprint density at radius 3 is 2.14 bits per heavy atom. The highest BCUT2D eigenvalue weighted by atomic mass is 16.5. The molecule has 0 atom stereocenters. The maximum absolute atomic E-state index is 12.1. The van der Waals surface area contributed by atoms with Crippen molar-refractivity contribution in [2.24, 2.45) is 0 Å². The van der Waals surface area contributed by atoms with Crippen molar-refractivity contribution in [1.82, 2.24) is 0 Å². The van der Waals surface area contributed by atoms with Gasteiger partial charge in [0.25, 0.3) is 0 Å². The number of carbonyl (C=O) groups excluding carboxylic acids is 2. The van der Waals surface area contributed by atoms with Crippen LogP contribution in [0, 0.1) is 5.21 Å². The SMILES string of the molecule is COC(=O)c1cc(-c2ccccc2)[n+]([O-])cc1C(=O)OC. The Labute approximate surface area is 121 Å². The molecule has 0 N–H and O–H groups in total. The molecule has 6 nitrogen and oxygen atoms in total. The summed E-state index contributed by atoms with van der Waals surface area (Å²) in [5, 5.41) is 12.1. The minimum absolute atomic E-state index is 0.0182. The molecule has 0 bridgehead atoms. The predicted octanol–water partition coefficient (Wildman–Crippen LogP) is 1.56. The average Bonchev–Trinajstić information content (AvgIpc) is 2.53. The summed E-state index contributed by atoms with van der Waals surface area (Å²) in [5.74, 6) is -1.49. The summed E-state index contributed by atoms with van der Waals surface area (Å²) >= 11 is 0. The van der Waals surface area contributed by atoms with Gasteiger partial charge in [-0.2, -0.15) is 4.73 Å². The number of hydrogen-bond donors (Lipinski definition) is 0. The van der Waals surface area contributed by atoms with Gasteiger partial charge >= 0.3 is 11.9 Å². The number of carbonyl (C=O) groups is 2. The quantitative estimate of drug-likeness (QED) is 0.486. The van der Waals surface area contributed by atoms with Crippen molar-refractivity contribution in [1.29, 1.82) is 0 Å². The lowest BCUT2D eigenvalue weighted by Crippen LogP contribution is -2.32. The van der Waals surface area contributed by atoms with E-state index >= 15 is 0 Å². The summed E-state index contributed by atoms with van der Waals surface area (Å²) in [5.41, 5.74) is 0.701. The lowest BCUT2D eigenvalue weighted by atomic mass is 10.1. The smallest absolute Gasteiger partial charge is 0.344 e. The number of rotatable bonds is 3. The van der Waals surface area contributed by atoms with Crippen LogP contribution in [0.4, 0.5) is 0 Å². The van der Waals surface area contributed by atoms with Crippen LogP contribution in [0.2, 0.25) is 0 Å². The molecule has 0 aliphatic rings. The van der Waals surface area contributed by atoms with E-state index in [9.17, 15) is 14.8 Å². The van der Waals surface area contributed by atoms with Crippen LogP contribution < -0.4 is 4.73 Å². The van der Waals surface area contributed by atoms with Crippen LogP contribution in [0.3, 0.4) is 0 Å². The lowest BCUT2D eigenvalue weighted by molar-refractivity contribution is -0.593. The number of aromatic nitrogens is 1. The number of esters is 2. The van der Waals surface area contributed by atoms with E-state index in [1.807, 2.05) is 6.07 Å². The fourth-order valence-electron chi connectivity index (χ4n) is 1.91. The molecule has 1 heterocycles. The monoisotopic (exact) mass is 287 g/mol. The van der Waals surface area contributed by atoms with Gasteiger partial charge in [-0.15, -0.1) is 0 Å². The van der Waals surface area contributed by atoms with Gasteiger partial charge in [-0.1, -0.05) is 18.2 Å². The van der Waals surface area contributed by atoms with Crippen molar-refractivity contribution in [2.45, 2.75) is 0 Å². The van der Waals surface area contributed by atoms with Gasteiger partial charge in [0.1, 0.15) is 5.56 Å². The zero-order valence-electron chi connectivity index (χ0n) is 11.5. The first-order valence-electron chi connectivity index (χ1n) is 6.07. The van der Waals surface area contributed by atoms with E-state index in [-0.39, 0.29) is 16.8 Å². The summed E-state index contributed by atoms with van der Waals surface area (Å²) < 4.78 is 9.74. The Bertz CT molecular complexity index is 682. The van der Waals surface area contributed by atoms with E-state index in [1.54, 1.807) is 24.3 Å². The highest BCUT2D eigenvalue weighted by Crippen LogP contribution is 2.19. The van der Waals surface area contributed by atoms with Gasteiger partial charge in [-0.05, 0) is 12.1 Å². The number of pyridine rings is 1. The van der Waals surface area contributed by atoms with Crippen molar-refractivity contribution in [3.63, 3.8) is 0 Å². The lowest BCUT2D eigenvalue weighted by Gasteiger charge is -2.10. The van der Waals surface area contributed by atoms with Crippen molar-refractivity contribution >= 4 is 11.9 Å². The standard InChI is InChI=1S/C15H13NO5/c1-20-14(17)11-8-13(10-6-4-3-5-7-10)16(19)9-12(11)15(18)21-2/h3-9H,1-2H3. The fraction of sp³-hybridized carbons (Fsp3) is 0.133.